The minimum absolute atomic E-state index is 0.157. The Morgan fingerprint density at radius 1 is 1.22 bits per heavy atom. The lowest BCUT2D eigenvalue weighted by molar-refractivity contribution is 0.242. The Morgan fingerprint density at radius 2 is 2.06 bits per heavy atom. The highest BCUT2D eigenvalue weighted by molar-refractivity contribution is 5.59. The van der Waals surface area contributed by atoms with E-state index < -0.39 is 0 Å². The van der Waals surface area contributed by atoms with Crippen LogP contribution in [0.2, 0.25) is 0 Å². The van der Waals surface area contributed by atoms with Gasteiger partial charge >= 0.3 is 0 Å². The summed E-state index contributed by atoms with van der Waals surface area (Å²) in [5.41, 5.74) is 0.949. The van der Waals surface area contributed by atoms with E-state index >= 15 is 0 Å². The molecule has 0 radical (unpaired) electrons. The summed E-state index contributed by atoms with van der Waals surface area (Å²) in [5, 5.41) is 3.00. The van der Waals surface area contributed by atoms with Crippen molar-refractivity contribution in [2.75, 3.05) is 12.4 Å². The molecular weight excluding hydrogens is 226 g/mol. The molecule has 0 amide bonds. The quantitative estimate of drug-likeness (QED) is 0.896. The molecule has 0 spiro atoms. The van der Waals surface area contributed by atoms with E-state index in [0.717, 1.165) is 17.1 Å². The highest BCUT2D eigenvalue weighted by Gasteiger charge is 2.04. The number of ether oxygens (including phenoxy) is 1. The zero-order chi connectivity index (χ0) is 13.0. The Kier molecular flexibility index (Phi) is 3.77. The Balaban J connectivity index is 2.32. The molecule has 1 heterocycles. The smallest absolute Gasteiger partial charge is 0.161 e. The molecule has 1 N–H and O–H groups in total. The zero-order valence-electron chi connectivity index (χ0n) is 10.8. The zero-order valence-corrected chi connectivity index (χ0v) is 10.8. The number of nitrogens with one attached hydrogen (secondary N) is 1. The first-order valence-corrected chi connectivity index (χ1v) is 5.97. The van der Waals surface area contributed by atoms with Crippen LogP contribution in [0.3, 0.4) is 0 Å². The van der Waals surface area contributed by atoms with Crippen LogP contribution in [0.5, 0.6) is 5.75 Å². The second-order valence-corrected chi connectivity index (χ2v) is 4.21. The summed E-state index contributed by atoms with van der Waals surface area (Å²) in [7, 11) is 1.84. The van der Waals surface area contributed by atoms with Crippen LogP contribution in [0.4, 0.5) is 5.82 Å². The highest BCUT2D eigenvalue weighted by atomic mass is 16.5. The van der Waals surface area contributed by atoms with Gasteiger partial charge in [0.2, 0.25) is 0 Å². The third-order valence-corrected chi connectivity index (χ3v) is 2.38. The fourth-order valence-electron chi connectivity index (χ4n) is 1.62. The average molecular weight is 243 g/mol. The topological polar surface area (TPSA) is 47.0 Å². The SMILES string of the molecule is CNc1ccnc(-c2cccc(OC(C)C)c2)n1. The van der Waals surface area contributed by atoms with Crippen molar-refractivity contribution in [3.63, 3.8) is 0 Å². The molecule has 0 aliphatic heterocycles. The van der Waals surface area contributed by atoms with E-state index in [1.54, 1.807) is 6.20 Å². The maximum absolute atomic E-state index is 5.66. The molecule has 0 saturated heterocycles. The van der Waals surface area contributed by atoms with Gasteiger partial charge in [-0.15, -0.1) is 0 Å². The number of benzene rings is 1. The molecule has 1 aromatic carbocycles. The summed E-state index contributed by atoms with van der Waals surface area (Å²) in [6, 6.07) is 9.64. The second-order valence-electron chi connectivity index (χ2n) is 4.21. The van der Waals surface area contributed by atoms with Gasteiger partial charge in [0, 0.05) is 18.8 Å². The Hall–Kier alpha value is -2.10. The van der Waals surface area contributed by atoms with E-state index in [9.17, 15) is 0 Å². The van der Waals surface area contributed by atoms with E-state index in [4.69, 9.17) is 4.74 Å². The van der Waals surface area contributed by atoms with Crippen LogP contribution in [0.25, 0.3) is 11.4 Å². The van der Waals surface area contributed by atoms with Gasteiger partial charge in [-0.1, -0.05) is 12.1 Å². The first-order chi connectivity index (χ1) is 8.69. The van der Waals surface area contributed by atoms with Crippen LogP contribution in [-0.4, -0.2) is 23.1 Å². The van der Waals surface area contributed by atoms with Crippen molar-refractivity contribution in [2.24, 2.45) is 0 Å². The Bertz CT molecular complexity index is 526. The lowest BCUT2D eigenvalue weighted by atomic mass is 10.2. The van der Waals surface area contributed by atoms with E-state index in [0.29, 0.717) is 5.82 Å². The standard InChI is InChI=1S/C14H17N3O/c1-10(2)18-12-6-4-5-11(9-12)14-16-8-7-13(15-3)17-14/h4-10H,1-3H3,(H,15,16,17). The normalized spacial score (nSPS) is 10.4. The van der Waals surface area contributed by atoms with Crippen LogP contribution < -0.4 is 10.1 Å². The lowest BCUT2D eigenvalue weighted by Gasteiger charge is -2.10. The van der Waals surface area contributed by atoms with Crippen LogP contribution in [0.1, 0.15) is 13.8 Å². The summed E-state index contributed by atoms with van der Waals surface area (Å²) in [5.74, 6) is 2.33. The van der Waals surface area contributed by atoms with Crippen molar-refractivity contribution in [3.05, 3.63) is 36.5 Å². The third-order valence-electron chi connectivity index (χ3n) is 2.38. The van der Waals surface area contributed by atoms with Crippen LogP contribution in [-0.2, 0) is 0 Å². The number of hydrogen-bond donors (Lipinski definition) is 1. The monoisotopic (exact) mass is 243 g/mol. The molecule has 18 heavy (non-hydrogen) atoms. The largest absolute Gasteiger partial charge is 0.491 e. The molecule has 1 aromatic heterocycles. The summed E-state index contributed by atoms with van der Waals surface area (Å²) in [4.78, 5) is 8.68. The molecule has 0 fully saturated rings. The molecule has 2 rings (SSSR count). The molecule has 0 atom stereocenters. The summed E-state index contributed by atoms with van der Waals surface area (Å²) in [6.45, 7) is 4.01. The summed E-state index contributed by atoms with van der Waals surface area (Å²) < 4.78 is 5.66. The average Bonchev–Trinajstić information content (AvgIpc) is 2.38. The fourth-order valence-corrected chi connectivity index (χ4v) is 1.62. The van der Waals surface area contributed by atoms with Gasteiger partial charge in [-0.05, 0) is 32.0 Å². The minimum atomic E-state index is 0.157. The predicted molar refractivity (Wildman–Crippen MR) is 72.8 cm³/mol. The van der Waals surface area contributed by atoms with Gasteiger partial charge in [-0.2, -0.15) is 0 Å². The number of anilines is 1. The minimum Gasteiger partial charge on any atom is -0.491 e. The molecular formula is C14H17N3O. The third kappa shape index (κ3) is 2.97. The van der Waals surface area contributed by atoms with E-state index in [2.05, 4.69) is 15.3 Å². The number of rotatable bonds is 4. The number of hydrogen-bond acceptors (Lipinski definition) is 4. The van der Waals surface area contributed by atoms with Crippen molar-refractivity contribution in [1.29, 1.82) is 0 Å². The van der Waals surface area contributed by atoms with Crippen molar-refractivity contribution < 1.29 is 4.74 Å². The number of nitrogens with zero attached hydrogens (tertiary/aromatic N) is 2. The first-order valence-electron chi connectivity index (χ1n) is 5.97. The highest BCUT2D eigenvalue weighted by Crippen LogP contribution is 2.22. The molecule has 2 aromatic rings. The van der Waals surface area contributed by atoms with Gasteiger partial charge in [0.05, 0.1) is 6.10 Å². The van der Waals surface area contributed by atoms with Crippen molar-refractivity contribution in [1.82, 2.24) is 9.97 Å². The van der Waals surface area contributed by atoms with Crippen LogP contribution in [0.15, 0.2) is 36.5 Å². The molecule has 0 unspecified atom stereocenters. The molecule has 94 valence electrons. The maximum Gasteiger partial charge on any atom is 0.161 e. The summed E-state index contributed by atoms with van der Waals surface area (Å²) in [6.07, 6.45) is 1.90. The van der Waals surface area contributed by atoms with Gasteiger partial charge in [0.25, 0.3) is 0 Å². The molecule has 0 saturated carbocycles. The van der Waals surface area contributed by atoms with Crippen LogP contribution in [0, 0.1) is 0 Å². The first kappa shape index (κ1) is 12.4. The van der Waals surface area contributed by atoms with Crippen LogP contribution >= 0.6 is 0 Å². The molecule has 0 aliphatic rings. The maximum atomic E-state index is 5.66. The van der Waals surface area contributed by atoms with Crippen molar-refractivity contribution in [2.45, 2.75) is 20.0 Å². The Morgan fingerprint density at radius 3 is 2.78 bits per heavy atom. The van der Waals surface area contributed by atoms with Crippen molar-refractivity contribution in [3.8, 4) is 17.1 Å². The lowest BCUT2D eigenvalue weighted by Crippen LogP contribution is -2.05. The Labute approximate surface area is 107 Å². The fraction of sp³-hybridized carbons (Fsp3) is 0.286. The van der Waals surface area contributed by atoms with Gasteiger partial charge in [0.15, 0.2) is 5.82 Å². The van der Waals surface area contributed by atoms with Gasteiger partial charge in [0.1, 0.15) is 11.6 Å². The van der Waals surface area contributed by atoms with Gasteiger partial charge < -0.3 is 10.1 Å². The van der Waals surface area contributed by atoms with E-state index in [1.165, 1.54) is 0 Å². The molecule has 0 aliphatic carbocycles. The predicted octanol–water partition coefficient (Wildman–Crippen LogP) is 2.97. The second kappa shape index (κ2) is 5.49. The summed E-state index contributed by atoms with van der Waals surface area (Å²) >= 11 is 0. The van der Waals surface area contributed by atoms with E-state index in [-0.39, 0.29) is 6.10 Å². The number of aromatic nitrogens is 2. The molecule has 4 heteroatoms. The van der Waals surface area contributed by atoms with Gasteiger partial charge in [-0.25, -0.2) is 9.97 Å². The molecule has 0 bridgehead atoms. The van der Waals surface area contributed by atoms with Crippen molar-refractivity contribution >= 4 is 5.82 Å². The van der Waals surface area contributed by atoms with Gasteiger partial charge in [-0.3, -0.25) is 0 Å². The van der Waals surface area contributed by atoms with E-state index in [1.807, 2.05) is 51.2 Å². The molecule has 4 nitrogen and oxygen atoms in total.